The van der Waals surface area contributed by atoms with Crippen molar-refractivity contribution in [3.05, 3.63) is 104 Å². The van der Waals surface area contributed by atoms with E-state index < -0.39 is 17.7 Å². The molecule has 1 fully saturated rings. The maximum atomic E-state index is 13.5. The first-order valence-corrected chi connectivity index (χ1v) is 15.4. The number of aromatic nitrogens is 2. The maximum absolute atomic E-state index is 13.5. The van der Waals surface area contributed by atoms with Gasteiger partial charge in [0, 0.05) is 26.4 Å². The average Bonchev–Trinajstić information content (AvgIpc) is 3.53. The van der Waals surface area contributed by atoms with Crippen LogP contribution in [0.25, 0.3) is 5.76 Å². The molecule has 3 aromatic carbocycles. The predicted octanol–water partition coefficient (Wildman–Crippen LogP) is 8.21. The lowest BCUT2D eigenvalue weighted by Gasteiger charge is -2.23. The van der Waals surface area contributed by atoms with E-state index >= 15 is 0 Å². The first-order chi connectivity index (χ1) is 19.8. The molecule has 0 spiro atoms. The number of halogens is 3. The normalized spacial score (nSPS) is 16.4. The van der Waals surface area contributed by atoms with E-state index in [9.17, 15) is 14.7 Å². The van der Waals surface area contributed by atoms with Gasteiger partial charge >= 0.3 is 5.91 Å². The molecule has 41 heavy (non-hydrogen) atoms. The second-order valence-electron chi connectivity index (χ2n) is 8.97. The Morgan fingerprint density at radius 1 is 1.02 bits per heavy atom. The summed E-state index contributed by atoms with van der Waals surface area (Å²) in [6.07, 6.45) is 0.811. The SMILES string of the molecule is CCCOc1cccc(C2/C(=C(\O)c3ccc(Cl)cc3)C(=O)C(=O)N2c2nnc(SCc3ccc(Cl)cc3Cl)s2)c1. The number of aliphatic hydroxyl groups excluding tert-OH is 1. The van der Waals surface area contributed by atoms with E-state index in [1.165, 1.54) is 16.7 Å². The molecule has 0 saturated carbocycles. The van der Waals surface area contributed by atoms with Crippen molar-refractivity contribution in [1.29, 1.82) is 0 Å². The van der Waals surface area contributed by atoms with E-state index in [1.807, 2.05) is 13.0 Å². The molecule has 7 nitrogen and oxygen atoms in total. The van der Waals surface area contributed by atoms with Crippen LogP contribution in [0.1, 0.15) is 36.1 Å². The number of benzene rings is 3. The molecule has 12 heteroatoms. The number of nitrogens with zero attached hydrogens (tertiary/aromatic N) is 3. The Morgan fingerprint density at radius 2 is 1.78 bits per heavy atom. The van der Waals surface area contributed by atoms with E-state index in [2.05, 4.69) is 10.2 Å². The van der Waals surface area contributed by atoms with Crippen molar-refractivity contribution in [2.75, 3.05) is 11.5 Å². The minimum atomic E-state index is -0.965. The lowest BCUT2D eigenvalue weighted by atomic mass is 9.95. The van der Waals surface area contributed by atoms with Gasteiger partial charge < -0.3 is 9.84 Å². The first-order valence-electron chi connectivity index (χ1n) is 12.5. The van der Waals surface area contributed by atoms with Gasteiger partial charge in [0.25, 0.3) is 5.78 Å². The molecule has 0 bridgehead atoms. The third-order valence-corrected chi connectivity index (χ3v) is 9.12. The van der Waals surface area contributed by atoms with Crippen molar-refractivity contribution < 1.29 is 19.4 Å². The van der Waals surface area contributed by atoms with Crippen LogP contribution in [0.3, 0.4) is 0 Å². The van der Waals surface area contributed by atoms with Gasteiger partial charge in [0.2, 0.25) is 5.13 Å². The third-order valence-electron chi connectivity index (χ3n) is 6.18. The number of hydrogen-bond donors (Lipinski definition) is 1. The summed E-state index contributed by atoms with van der Waals surface area (Å²) in [6.45, 7) is 2.50. The average molecular weight is 647 g/mol. The highest BCUT2D eigenvalue weighted by molar-refractivity contribution is 8.00. The monoisotopic (exact) mass is 645 g/mol. The number of ether oxygens (including phenoxy) is 1. The molecule has 0 radical (unpaired) electrons. The van der Waals surface area contributed by atoms with Crippen molar-refractivity contribution in [3.8, 4) is 5.75 Å². The van der Waals surface area contributed by atoms with Gasteiger partial charge in [-0.1, -0.05) is 83.0 Å². The minimum Gasteiger partial charge on any atom is -0.507 e. The minimum absolute atomic E-state index is 0.0673. The lowest BCUT2D eigenvalue weighted by Crippen LogP contribution is -2.29. The molecule has 1 amide bonds. The van der Waals surface area contributed by atoms with Gasteiger partial charge in [0.15, 0.2) is 4.34 Å². The highest BCUT2D eigenvalue weighted by Gasteiger charge is 2.48. The number of Topliss-reactive ketones (excluding diaryl/α,β-unsaturated/α-hetero) is 1. The van der Waals surface area contributed by atoms with Crippen LogP contribution >= 0.6 is 57.9 Å². The topological polar surface area (TPSA) is 92.6 Å². The number of carbonyl (C=O) groups is 2. The fraction of sp³-hybridized carbons (Fsp3) is 0.172. The summed E-state index contributed by atoms with van der Waals surface area (Å²) in [5.41, 5.74) is 1.72. The molecule has 1 aromatic heterocycles. The van der Waals surface area contributed by atoms with Crippen LogP contribution in [0, 0.1) is 0 Å². The summed E-state index contributed by atoms with van der Waals surface area (Å²) >= 11 is 20.9. The summed E-state index contributed by atoms with van der Waals surface area (Å²) in [7, 11) is 0. The van der Waals surface area contributed by atoms with Gasteiger partial charge in [-0.25, -0.2) is 0 Å². The molecule has 5 rings (SSSR count). The number of carbonyl (C=O) groups excluding carboxylic acids is 2. The van der Waals surface area contributed by atoms with Crippen molar-refractivity contribution in [2.24, 2.45) is 0 Å². The largest absolute Gasteiger partial charge is 0.507 e. The number of anilines is 1. The summed E-state index contributed by atoms with van der Waals surface area (Å²) in [5.74, 6) is -0.891. The second-order valence-corrected chi connectivity index (χ2v) is 12.4. The number of rotatable bonds is 9. The number of thioether (sulfide) groups is 1. The Hall–Kier alpha value is -3.08. The van der Waals surface area contributed by atoms with Gasteiger partial charge in [0.1, 0.15) is 11.5 Å². The zero-order chi connectivity index (χ0) is 29.1. The quantitative estimate of drug-likeness (QED) is 0.0644. The zero-order valence-corrected chi connectivity index (χ0v) is 25.4. The van der Waals surface area contributed by atoms with Gasteiger partial charge in [-0.2, -0.15) is 0 Å². The Kier molecular flexibility index (Phi) is 9.21. The first kappa shape index (κ1) is 29.4. The number of hydrogen-bond acceptors (Lipinski definition) is 8. The number of amides is 1. The Labute approximate surface area is 259 Å². The van der Waals surface area contributed by atoms with E-state index in [0.29, 0.717) is 48.6 Å². The lowest BCUT2D eigenvalue weighted by molar-refractivity contribution is -0.132. The molecule has 210 valence electrons. The standard InChI is InChI=1S/C29H22Cl3N3O4S2/c1-2-12-39-21-5-3-4-17(13-21)24-23(25(36)16-6-9-19(30)10-7-16)26(37)27(38)35(24)28-33-34-29(41-28)40-15-18-8-11-20(31)14-22(18)32/h3-11,13-14,24,36H,2,12,15H2,1H3/b25-23+. The van der Waals surface area contributed by atoms with Crippen molar-refractivity contribution in [1.82, 2.24) is 10.2 Å². The van der Waals surface area contributed by atoms with Gasteiger partial charge in [-0.05, 0) is 66.1 Å². The fourth-order valence-electron chi connectivity index (χ4n) is 4.24. The van der Waals surface area contributed by atoms with Crippen molar-refractivity contribution in [2.45, 2.75) is 29.5 Å². The van der Waals surface area contributed by atoms with Crippen LogP contribution in [-0.2, 0) is 15.3 Å². The molecule has 1 saturated heterocycles. The molecular formula is C29H22Cl3N3O4S2. The zero-order valence-electron chi connectivity index (χ0n) is 21.5. The summed E-state index contributed by atoms with van der Waals surface area (Å²) < 4.78 is 6.38. The van der Waals surface area contributed by atoms with Gasteiger partial charge in [0.05, 0.1) is 18.2 Å². The Bertz CT molecular complexity index is 1640. The molecule has 1 aliphatic heterocycles. The summed E-state index contributed by atoms with van der Waals surface area (Å²) in [6, 6.07) is 17.8. The molecule has 1 N–H and O–H groups in total. The molecule has 4 aromatic rings. The van der Waals surface area contributed by atoms with E-state index in [0.717, 1.165) is 23.3 Å². The second kappa shape index (κ2) is 12.8. The fourth-order valence-corrected chi connectivity index (χ4v) is 6.79. The Balaban J connectivity index is 1.54. The molecular weight excluding hydrogens is 625 g/mol. The van der Waals surface area contributed by atoms with Crippen LogP contribution in [0.2, 0.25) is 15.1 Å². The van der Waals surface area contributed by atoms with Crippen LogP contribution < -0.4 is 9.64 Å². The molecule has 1 aliphatic rings. The van der Waals surface area contributed by atoms with Crippen molar-refractivity contribution >= 4 is 80.5 Å². The predicted molar refractivity (Wildman–Crippen MR) is 164 cm³/mol. The Morgan fingerprint density at radius 3 is 2.51 bits per heavy atom. The van der Waals surface area contributed by atoms with E-state index in [-0.39, 0.29) is 16.5 Å². The van der Waals surface area contributed by atoms with Gasteiger partial charge in [-0.3, -0.25) is 14.5 Å². The van der Waals surface area contributed by atoms with E-state index in [1.54, 1.807) is 60.7 Å². The third kappa shape index (κ3) is 6.39. The maximum Gasteiger partial charge on any atom is 0.301 e. The van der Waals surface area contributed by atoms with Crippen LogP contribution in [-0.4, -0.2) is 33.6 Å². The van der Waals surface area contributed by atoms with Crippen molar-refractivity contribution in [3.63, 3.8) is 0 Å². The van der Waals surface area contributed by atoms with E-state index in [4.69, 9.17) is 39.5 Å². The molecule has 2 heterocycles. The summed E-state index contributed by atoms with van der Waals surface area (Å²) in [4.78, 5) is 28.2. The molecule has 0 aliphatic carbocycles. The molecule has 1 atom stereocenters. The van der Waals surface area contributed by atoms with Crippen LogP contribution in [0.15, 0.2) is 76.6 Å². The smallest absolute Gasteiger partial charge is 0.301 e. The number of aliphatic hydroxyl groups is 1. The number of ketones is 1. The van der Waals surface area contributed by atoms with Crippen LogP contribution in [0.5, 0.6) is 5.75 Å². The van der Waals surface area contributed by atoms with Gasteiger partial charge in [-0.15, -0.1) is 10.2 Å². The molecule has 1 unspecified atom stereocenters. The highest BCUT2D eigenvalue weighted by Crippen LogP contribution is 2.44. The highest BCUT2D eigenvalue weighted by atomic mass is 35.5. The summed E-state index contributed by atoms with van der Waals surface area (Å²) in [5, 5.41) is 21.6. The van der Waals surface area contributed by atoms with Crippen LogP contribution in [0.4, 0.5) is 5.13 Å².